The van der Waals surface area contributed by atoms with Crippen LogP contribution in [-0.4, -0.2) is 81.6 Å². The number of carboxylic acids is 1. The number of anilines is 1. The van der Waals surface area contributed by atoms with Gasteiger partial charge in [-0.2, -0.15) is 4.98 Å². The number of rotatable bonds is 9. The summed E-state index contributed by atoms with van der Waals surface area (Å²) in [6.45, 7) is 3.92. The Morgan fingerprint density at radius 2 is 1.91 bits per heavy atom. The number of pyridine rings is 1. The van der Waals surface area contributed by atoms with Gasteiger partial charge < -0.3 is 28.8 Å². The van der Waals surface area contributed by atoms with Crippen molar-refractivity contribution in [1.82, 2.24) is 19.4 Å². The molecule has 7 rings (SSSR count). The monoisotopic (exact) mass is 625 g/mol. The summed E-state index contributed by atoms with van der Waals surface area (Å²) in [7, 11) is 0. The number of benzene rings is 2. The highest BCUT2D eigenvalue weighted by molar-refractivity contribution is 6.30. The van der Waals surface area contributed by atoms with Crippen molar-refractivity contribution in [2.45, 2.75) is 44.3 Å². The van der Waals surface area contributed by atoms with E-state index in [0.717, 1.165) is 18.3 Å². The molecule has 5 heterocycles. The van der Waals surface area contributed by atoms with Gasteiger partial charge in [0.1, 0.15) is 29.6 Å². The molecule has 1 N–H and O–H groups in total. The lowest BCUT2D eigenvalue weighted by Gasteiger charge is -2.44. The van der Waals surface area contributed by atoms with E-state index in [9.17, 15) is 14.3 Å². The van der Waals surface area contributed by atoms with Crippen LogP contribution in [0.15, 0.2) is 48.5 Å². The lowest BCUT2D eigenvalue weighted by Crippen LogP contribution is -2.59. The maximum Gasteiger partial charge on any atom is 0.335 e. The first-order chi connectivity index (χ1) is 21.3. The van der Waals surface area contributed by atoms with Gasteiger partial charge in [0.05, 0.1) is 55.6 Å². The first-order valence-electron chi connectivity index (χ1n) is 14.5. The van der Waals surface area contributed by atoms with E-state index in [2.05, 4.69) is 14.8 Å². The fourth-order valence-corrected chi connectivity index (χ4v) is 6.31. The molecule has 13 heteroatoms. The van der Waals surface area contributed by atoms with Crippen LogP contribution in [0.3, 0.4) is 0 Å². The molecule has 0 bridgehead atoms. The van der Waals surface area contributed by atoms with Crippen molar-refractivity contribution < 1.29 is 32.9 Å². The van der Waals surface area contributed by atoms with Crippen molar-refractivity contribution in [2.24, 2.45) is 0 Å². The van der Waals surface area contributed by atoms with Gasteiger partial charge >= 0.3 is 5.97 Å². The van der Waals surface area contributed by atoms with Gasteiger partial charge in [0.25, 0.3) is 0 Å². The molecule has 44 heavy (non-hydrogen) atoms. The Morgan fingerprint density at radius 1 is 1.07 bits per heavy atom. The molecule has 0 spiro atoms. The van der Waals surface area contributed by atoms with E-state index in [4.69, 9.17) is 30.8 Å². The molecular formula is C31H30ClF2N5O5. The van der Waals surface area contributed by atoms with E-state index in [0.29, 0.717) is 73.8 Å². The third-order valence-corrected chi connectivity index (χ3v) is 8.81. The Balaban J connectivity index is 1.11. The molecule has 0 saturated carbocycles. The van der Waals surface area contributed by atoms with Gasteiger partial charge in [-0.05, 0) is 36.8 Å². The zero-order valence-corrected chi connectivity index (χ0v) is 24.4. The number of aromatic carboxylic acids is 1. The predicted octanol–water partition coefficient (Wildman–Crippen LogP) is 4.52. The number of piperazine rings is 1. The summed E-state index contributed by atoms with van der Waals surface area (Å²) in [5.41, 5.74) is 0.868. The van der Waals surface area contributed by atoms with Crippen molar-refractivity contribution in [3.63, 3.8) is 0 Å². The molecule has 3 saturated heterocycles. The number of carbonyl (C=O) groups is 1. The Kier molecular flexibility index (Phi) is 7.83. The molecule has 10 nitrogen and oxygen atoms in total. The molecule has 3 fully saturated rings. The van der Waals surface area contributed by atoms with Crippen LogP contribution in [0.2, 0.25) is 5.02 Å². The molecule has 0 aliphatic carbocycles. The standard InChI is InChI=1S/C31H30ClF2N5O5/c32-20-5-4-18(22(33)12-20)15-44-29-3-1-2-27(35-29)38-8-7-37(25-16-42-17-26(25)38)14-28-36-30-23(34)10-19(31(40)41)11-24(30)39(28)13-21-6-9-43-21/h1-5,10-12,21,25-26H,6-9,13-17H2,(H,40,41). The molecule has 3 aliphatic heterocycles. The summed E-state index contributed by atoms with van der Waals surface area (Å²) >= 11 is 5.86. The van der Waals surface area contributed by atoms with E-state index in [1.807, 2.05) is 16.7 Å². The van der Waals surface area contributed by atoms with Crippen LogP contribution in [-0.2, 0) is 29.2 Å². The van der Waals surface area contributed by atoms with Crippen molar-refractivity contribution in [3.05, 3.63) is 82.1 Å². The minimum atomic E-state index is -1.19. The third kappa shape index (κ3) is 5.58. The summed E-state index contributed by atoms with van der Waals surface area (Å²) in [5.74, 6) is -0.523. The fourth-order valence-electron chi connectivity index (χ4n) is 6.15. The van der Waals surface area contributed by atoms with E-state index < -0.39 is 17.6 Å². The molecule has 3 atom stereocenters. The summed E-state index contributed by atoms with van der Waals surface area (Å²) in [4.78, 5) is 25.5. The van der Waals surface area contributed by atoms with Gasteiger partial charge in [-0.3, -0.25) is 4.90 Å². The lowest BCUT2D eigenvalue weighted by atomic mass is 10.0. The molecule has 3 aliphatic rings. The molecule has 2 aromatic carbocycles. The van der Waals surface area contributed by atoms with E-state index in [1.165, 1.54) is 12.1 Å². The number of carboxylic acid groups (broad SMARTS) is 1. The molecule has 0 radical (unpaired) electrons. The minimum absolute atomic E-state index is 0.00310. The van der Waals surface area contributed by atoms with Crippen LogP contribution in [0.1, 0.15) is 28.2 Å². The highest BCUT2D eigenvalue weighted by Crippen LogP contribution is 2.31. The summed E-state index contributed by atoms with van der Waals surface area (Å²) in [6, 6.07) is 12.5. The second kappa shape index (κ2) is 11.9. The molecule has 0 amide bonds. The quantitative estimate of drug-likeness (QED) is 0.288. The second-order valence-corrected chi connectivity index (χ2v) is 11.7. The van der Waals surface area contributed by atoms with Crippen LogP contribution < -0.4 is 9.64 Å². The number of imidazole rings is 1. The highest BCUT2D eigenvalue weighted by atomic mass is 35.5. The van der Waals surface area contributed by atoms with Gasteiger partial charge in [0, 0.05) is 36.3 Å². The van der Waals surface area contributed by atoms with Crippen LogP contribution in [0, 0.1) is 11.6 Å². The van der Waals surface area contributed by atoms with Gasteiger partial charge in [-0.25, -0.2) is 18.6 Å². The van der Waals surface area contributed by atoms with E-state index in [1.54, 1.807) is 18.2 Å². The van der Waals surface area contributed by atoms with Crippen molar-refractivity contribution in [1.29, 1.82) is 0 Å². The number of aromatic nitrogens is 3. The largest absolute Gasteiger partial charge is 0.478 e. The number of hydrogen-bond donors (Lipinski definition) is 1. The second-order valence-electron chi connectivity index (χ2n) is 11.2. The maximum absolute atomic E-state index is 15.0. The Morgan fingerprint density at radius 3 is 2.68 bits per heavy atom. The molecule has 230 valence electrons. The number of nitrogens with zero attached hydrogens (tertiary/aromatic N) is 5. The molecule has 3 unspecified atom stereocenters. The van der Waals surface area contributed by atoms with Crippen molar-refractivity contribution in [2.75, 3.05) is 37.8 Å². The minimum Gasteiger partial charge on any atom is -0.478 e. The number of halogens is 3. The number of ether oxygens (including phenoxy) is 3. The summed E-state index contributed by atoms with van der Waals surface area (Å²) in [5, 5.41) is 9.85. The average Bonchev–Trinajstić information content (AvgIpc) is 3.60. The highest BCUT2D eigenvalue weighted by Gasteiger charge is 2.42. The SMILES string of the molecule is O=C(O)c1cc(F)c2nc(CN3CCN(c4cccc(OCc5ccc(Cl)cc5F)n4)C4COCC43)n(CC3CCO3)c2c1. The first-order valence-corrected chi connectivity index (χ1v) is 14.9. The van der Waals surface area contributed by atoms with Crippen LogP contribution in [0.25, 0.3) is 11.0 Å². The Bertz CT molecular complexity index is 1720. The van der Waals surface area contributed by atoms with Crippen LogP contribution >= 0.6 is 11.6 Å². The Labute approximate surface area is 256 Å². The van der Waals surface area contributed by atoms with E-state index in [-0.39, 0.29) is 35.9 Å². The summed E-state index contributed by atoms with van der Waals surface area (Å²) in [6.07, 6.45) is 0.848. The molecular weight excluding hydrogens is 596 g/mol. The van der Waals surface area contributed by atoms with Crippen LogP contribution in [0.5, 0.6) is 5.88 Å². The topological polar surface area (TPSA) is 102 Å². The Hall–Kier alpha value is -3.84. The van der Waals surface area contributed by atoms with Crippen molar-refractivity contribution in [3.8, 4) is 5.88 Å². The maximum atomic E-state index is 15.0. The number of hydrogen-bond acceptors (Lipinski definition) is 8. The zero-order chi connectivity index (χ0) is 30.4. The molecule has 2 aromatic heterocycles. The van der Waals surface area contributed by atoms with Gasteiger partial charge in [0.15, 0.2) is 5.82 Å². The normalized spacial score (nSPS) is 21.8. The summed E-state index contributed by atoms with van der Waals surface area (Å²) < 4.78 is 48.6. The number of fused-ring (bicyclic) bond motifs is 2. The van der Waals surface area contributed by atoms with Gasteiger partial charge in [0.2, 0.25) is 5.88 Å². The van der Waals surface area contributed by atoms with Gasteiger partial charge in [-0.15, -0.1) is 0 Å². The molecule has 4 aromatic rings. The lowest BCUT2D eigenvalue weighted by molar-refractivity contribution is -0.0592. The third-order valence-electron chi connectivity index (χ3n) is 8.57. The predicted molar refractivity (Wildman–Crippen MR) is 157 cm³/mol. The van der Waals surface area contributed by atoms with Gasteiger partial charge in [-0.1, -0.05) is 23.7 Å². The zero-order valence-electron chi connectivity index (χ0n) is 23.7. The smallest absolute Gasteiger partial charge is 0.335 e. The van der Waals surface area contributed by atoms with Crippen LogP contribution in [0.4, 0.5) is 14.6 Å². The van der Waals surface area contributed by atoms with E-state index >= 15 is 4.39 Å². The average molecular weight is 626 g/mol. The first kappa shape index (κ1) is 28.9. The fraction of sp³-hybridized carbons (Fsp3) is 0.387. The van der Waals surface area contributed by atoms with Crippen molar-refractivity contribution >= 4 is 34.4 Å².